The van der Waals surface area contributed by atoms with Gasteiger partial charge in [-0.3, -0.25) is 0 Å². The predicted molar refractivity (Wildman–Crippen MR) is 61.4 cm³/mol. The van der Waals surface area contributed by atoms with Crippen molar-refractivity contribution in [3.05, 3.63) is 30.1 Å². The molecular formula is C13H15FN2. The van der Waals surface area contributed by atoms with Gasteiger partial charge in [-0.1, -0.05) is 19.1 Å². The molecule has 0 aliphatic heterocycles. The number of benzene rings is 1. The van der Waals surface area contributed by atoms with Crippen LogP contribution in [-0.2, 0) is 0 Å². The van der Waals surface area contributed by atoms with Crippen LogP contribution in [0.5, 0.6) is 0 Å². The van der Waals surface area contributed by atoms with Crippen LogP contribution in [-0.4, -0.2) is 5.54 Å². The van der Waals surface area contributed by atoms with Gasteiger partial charge >= 0.3 is 0 Å². The molecular weight excluding hydrogens is 203 g/mol. The number of halogens is 1. The van der Waals surface area contributed by atoms with E-state index in [2.05, 4.69) is 11.4 Å². The van der Waals surface area contributed by atoms with E-state index in [0.717, 1.165) is 12.8 Å². The van der Waals surface area contributed by atoms with Gasteiger partial charge < -0.3 is 5.32 Å². The van der Waals surface area contributed by atoms with Gasteiger partial charge in [0.2, 0.25) is 0 Å². The molecule has 1 aromatic rings. The summed E-state index contributed by atoms with van der Waals surface area (Å²) in [5, 5.41) is 12.4. The van der Waals surface area contributed by atoms with Crippen molar-refractivity contribution < 1.29 is 4.39 Å². The van der Waals surface area contributed by atoms with Crippen LogP contribution in [0.1, 0.15) is 26.2 Å². The average molecular weight is 218 g/mol. The highest BCUT2D eigenvalue weighted by molar-refractivity contribution is 5.49. The van der Waals surface area contributed by atoms with Crippen LogP contribution in [0.4, 0.5) is 10.1 Å². The number of rotatable bonds is 4. The molecule has 16 heavy (non-hydrogen) atoms. The van der Waals surface area contributed by atoms with Gasteiger partial charge in [-0.05, 0) is 37.3 Å². The lowest BCUT2D eigenvalue weighted by molar-refractivity contribution is 0.494. The van der Waals surface area contributed by atoms with Gasteiger partial charge in [-0.2, -0.15) is 5.26 Å². The molecule has 1 saturated carbocycles. The van der Waals surface area contributed by atoms with Gasteiger partial charge in [0.05, 0.1) is 11.8 Å². The summed E-state index contributed by atoms with van der Waals surface area (Å²) in [6.45, 7) is 1.97. The summed E-state index contributed by atoms with van der Waals surface area (Å²) in [4.78, 5) is 0. The van der Waals surface area contributed by atoms with Crippen molar-refractivity contribution in [1.82, 2.24) is 0 Å². The second-order valence-electron chi connectivity index (χ2n) is 4.32. The summed E-state index contributed by atoms with van der Waals surface area (Å²) >= 11 is 0. The molecule has 1 atom stereocenters. The van der Waals surface area contributed by atoms with E-state index in [1.165, 1.54) is 6.07 Å². The molecule has 2 nitrogen and oxygen atoms in total. The minimum absolute atomic E-state index is 0.295. The van der Waals surface area contributed by atoms with Gasteiger partial charge in [0.1, 0.15) is 11.4 Å². The third-order valence-electron chi connectivity index (χ3n) is 3.26. The number of hydrogen-bond donors (Lipinski definition) is 1. The van der Waals surface area contributed by atoms with Gasteiger partial charge in [0.25, 0.3) is 0 Å². The van der Waals surface area contributed by atoms with E-state index >= 15 is 0 Å². The zero-order chi connectivity index (χ0) is 11.6. The van der Waals surface area contributed by atoms with E-state index in [0.29, 0.717) is 18.0 Å². The summed E-state index contributed by atoms with van der Waals surface area (Å²) in [6, 6.07) is 8.84. The monoisotopic (exact) mass is 218 g/mol. The summed E-state index contributed by atoms with van der Waals surface area (Å²) in [6.07, 6.45) is 2.81. The average Bonchev–Trinajstić information content (AvgIpc) is 3.13. The zero-order valence-corrected chi connectivity index (χ0v) is 9.33. The Morgan fingerprint density at radius 1 is 1.50 bits per heavy atom. The normalized spacial score (nSPS) is 18.6. The molecule has 0 aromatic heterocycles. The minimum Gasteiger partial charge on any atom is -0.365 e. The molecule has 0 amide bonds. The fourth-order valence-electron chi connectivity index (χ4n) is 2.06. The van der Waals surface area contributed by atoms with Crippen LogP contribution >= 0.6 is 0 Å². The van der Waals surface area contributed by atoms with Crippen molar-refractivity contribution in [2.45, 2.75) is 31.7 Å². The first-order chi connectivity index (χ1) is 7.72. The number of para-hydroxylation sites is 1. The van der Waals surface area contributed by atoms with Crippen LogP contribution in [0.15, 0.2) is 24.3 Å². The molecule has 1 fully saturated rings. The number of nitrogens with zero attached hydrogens (tertiary/aromatic N) is 1. The van der Waals surface area contributed by atoms with E-state index in [9.17, 15) is 9.65 Å². The minimum atomic E-state index is -0.595. The van der Waals surface area contributed by atoms with E-state index in [1.807, 2.05) is 6.92 Å². The van der Waals surface area contributed by atoms with Crippen LogP contribution in [0.2, 0.25) is 0 Å². The molecule has 0 radical (unpaired) electrons. The molecule has 0 bridgehead atoms. The first-order valence-corrected chi connectivity index (χ1v) is 5.66. The van der Waals surface area contributed by atoms with Crippen molar-refractivity contribution in [1.29, 1.82) is 5.26 Å². The Morgan fingerprint density at radius 3 is 2.69 bits per heavy atom. The smallest absolute Gasteiger partial charge is 0.146 e. The number of nitrogens with one attached hydrogen (secondary N) is 1. The number of hydrogen-bond acceptors (Lipinski definition) is 2. The third kappa shape index (κ3) is 1.88. The Balaban J connectivity index is 2.25. The van der Waals surface area contributed by atoms with Gasteiger partial charge in [0, 0.05) is 0 Å². The lowest BCUT2D eigenvalue weighted by atomic mass is 9.91. The Hall–Kier alpha value is -1.56. The lowest BCUT2D eigenvalue weighted by Gasteiger charge is -2.27. The summed E-state index contributed by atoms with van der Waals surface area (Å²) in [7, 11) is 0. The van der Waals surface area contributed by atoms with Crippen LogP contribution in [0, 0.1) is 23.1 Å². The fraction of sp³-hybridized carbons (Fsp3) is 0.462. The molecule has 0 spiro atoms. The van der Waals surface area contributed by atoms with Crippen molar-refractivity contribution >= 4 is 5.69 Å². The highest BCUT2D eigenvalue weighted by Crippen LogP contribution is 2.43. The second-order valence-corrected chi connectivity index (χ2v) is 4.32. The van der Waals surface area contributed by atoms with Crippen molar-refractivity contribution in [3.8, 4) is 6.07 Å². The van der Waals surface area contributed by atoms with E-state index in [-0.39, 0.29) is 5.82 Å². The molecule has 1 aromatic carbocycles. The van der Waals surface area contributed by atoms with E-state index < -0.39 is 5.54 Å². The quantitative estimate of drug-likeness (QED) is 0.841. The molecule has 1 aliphatic rings. The van der Waals surface area contributed by atoms with Gasteiger partial charge in [-0.15, -0.1) is 0 Å². The highest BCUT2D eigenvalue weighted by Gasteiger charge is 2.44. The van der Waals surface area contributed by atoms with Gasteiger partial charge in [-0.25, -0.2) is 4.39 Å². The zero-order valence-electron chi connectivity index (χ0n) is 9.33. The molecule has 3 heteroatoms. The summed E-state index contributed by atoms with van der Waals surface area (Å²) < 4.78 is 13.5. The van der Waals surface area contributed by atoms with Crippen molar-refractivity contribution in [3.63, 3.8) is 0 Å². The van der Waals surface area contributed by atoms with Crippen LogP contribution < -0.4 is 5.32 Å². The predicted octanol–water partition coefficient (Wildman–Crippen LogP) is 3.32. The maximum Gasteiger partial charge on any atom is 0.146 e. The maximum atomic E-state index is 13.5. The fourth-order valence-corrected chi connectivity index (χ4v) is 2.06. The molecule has 0 saturated heterocycles. The molecule has 84 valence electrons. The van der Waals surface area contributed by atoms with E-state index in [1.54, 1.807) is 18.2 Å². The largest absolute Gasteiger partial charge is 0.365 e. The second kappa shape index (κ2) is 4.13. The van der Waals surface area contributed by atoms with Crippen LogP contribution in [0.25, 0.3) is 0 Å². The molecule has 1 unspecified atom stereocenters. The Kier molecular flexibility index (Phi) is 2.82. The molecule has 1 N–H and O–H groups in total. The SMILES string of the molecule is CCC(C#N)(Nc1ccccc1F)C1CC1. The Morgan fingerprint density at radius 2 is 2.19 bits per heavy atom. The highest BCUT2D eigenvalue weighted by atomic mass is 19.1. The maximum absolute atomic E-state index is 13.5. The first kappa shape index (κ1) is 10.9. The third-order valence-corrected chi connectivity index (χ3v) is 3.26. The molecule has 1 aliphatic carbocycles. The van der Waals surface area contributed by atoms with Gasteiger partial charge in [0.15, 0.2) is 0 Å². The van der Waals surface area contributed by atoms with Crippen LogP contribution in [0.3, 0.4) is 0 Å². The Labute approximate surface area is 95.1 Å². The standard InChI is InChI=1S/C13H15FN2/c1-2-13(9-15,10-7-8-10)16-12-6-4-3-5-11(12)14/h3-6,10,16H,2,7-8H2,1H3. The van der Waals surface area contributed by atoms with E-state index in [4.69, 9.17) is 0 Å². The molecule has 2 rings (SSSR count). The number of nitriles is 1. The first-order valence-electron chi connectivity index (χ1n) is 5.66. The molecule has 0 heterocycles. The summed E-state index contributed by atoms with van der Waals surface area (Å²) in [5.41, 5.74) is -0.167. The Bertz CT molecular complexity index is 420. The summed E-state index contributed by atoms with van der Waals surface area (Å²) in [5.74, 6) is 0.0679. The number of anilines is 1. The van der Waals surface area contributed by atoms with Crippen molar-refractivity contribution in [2.24, 2.45) is 5.92 Å². The topological polar surface area (TPSA) is 35.8 Å². The van der Waals surface area contributed by atoms with Crippen molar-refractivity contribution in [2.75, 3.05) is 5.32 Å². The lowest BCUT2D eigenvalue weighted by Crippen LogP contribution is -2.38.